The van der Waals surface area contributed by atoms with Crippen molar-refractivity contribution in [2.24, 2.45) is 0 Å². The molecule has 0 amide bonds. The standard InChI is InChI=1S/C8H18O7/c1-13-2-3-14-15-5-7(11)8(12)6(10)4-9/h6-12H,2-5H2,1H3/t6-,7+,8-/m1/s1. The fourth-order valence-corrected chi connectivity index (χ4v) is 0.757. The van der Waals surface area contributed by atoms with Crippen molar-refractivity contribution in [1.82, 2.24) is 0 Å². The van der Waals surface area contributed by atoms with E-state index in [1.165, 1.54) is 7.11 Å². The molecule has 7 heteroatoms. The molecular weight excluding hydrogens is 208 g/mol. The van der Waals surface area contributed by atoms with E-state index in [1.807, 2.05) is 0 Å². The van der Waals surface area contributed by atoms with Gasteiger partial charge in [-0.2, -0.15) is 0 Å². The van der Waals surface area contributed by atoms with Crippen LogP contribution in [-0.2, 0) is 14.5 Å². The van der Waals surface area contributed by atoms with Gasteiger partial charge in [0.1, 0.15) is 31.5 Å². The van der Waals surface area contributed by atoms with Gasteiger partial charge in [-0.15, -0.1) is 0 Å². The third-order valence-electron chi connectivity index (χ3n) is 1.67. The van der Waals surface area contributed by atoms with Crippen LogP contribution < -0.4 is 0 Å². The smallest absolute Gasteiger partial charge is 0.111 e. The molecule has 0 aromatic carbocycles. The van der Waals surface area contributed by atoms with E-state index in [0.29, 0.717) is 6.61 Å². The zero-order valence-electron chi connectivity index (χ0n) is 8.57. The molecule has 15 heavy (non-hydrogen) atoms. The molecule has 0 aliphatic heterocycles. The Morgan fingerprint density at radius 1 is 1.00 bits per heavy atom. The number of hydrogen-bond donors (Lipinski definition) is 4. The van der Waals surface area contributed by atoms with E-state index in [1.54, 1.807) is 0 Å². The lowest BCUT2D eigenvalue weighted by Gasteiger charge is -2.20. The fourth-order valence-electron chi connectivity index (χ4n) is 0.757. The summed E-state index contributed by atoms with van der Waals surface area (Å²) >= 11 is 0. The minimum Gasteiger partial charge on any atom is -0.394 e. The number of aliphatic hydroxyl groups is 4. The molecule has 0 bridgehead atoms. The average molecular weight is 226 g/mol. The Morgan fingerprint density at radius 3 is 2.20 bits per heavy atom. The third-order valence-corrected chi connectivity index (χ3v) is 1.67. The zero-order chi connectivity index (χ0) is 11.7. The summed E-state index contributed by atoms with van der Waals surface area (Å²) in [5, 5.41) is 35.8. The number of methoxy groups -OCH3 is 1. The van der Waals surface area contributed by atoms with Gasteiger partial charge in [0.2, 0.25) is 0 Å². The summed E-state index contributed by atoms with van der Waals surface area (Å²) in [7, 11) is 1.50. The predicted octanol–water partition coefficient (Wildman–Crippen LogP) is -2.34. The monoisotopic (exact) mass is 226 g/mol. The lowest BCUT2D eigenvalue weighted by Crippen LogP contribution is -2.41. The summed E-state index contributed by atoms with van der Waals surface area (Å²) < 4.78 is 4.66. The molecule has 0 saturated carbocycles. The molecule has 0 aromatic rings. The van der Waals surface area contributed by atoms with Crippen molar-refractivity contribution in [1.29, 1.82) is 0 Å². The first-order chi connectivity index (χ1) is 7.13. The largest absolute Gasteiger partial charge is 0.394 e. The van der Waals surface area contributed by atoms with E-state index in [4.69, 9.17) is 15.3 Å². The Morgan fingerprint density at radius 2 is 1.67 bits per heavy atom. The third kappa shape index (κ3) is 6.74. The van der Waals surface area contributed by atoms with E-state index in [0.717, 1.165) is 0 Å². The van der Waals surface area contributed by atoms with Crippen LogP contribution >= 0.6 is 0 Å². The van der Waals surface area contributed by atoms with Gasteiger partial charge in [-0.3, -0.25) is 0 Å². The Balaban J connectivity index is 3.50. The predicted molar refractivity (Wildman–Crippen MR) is 48.9 cm³/mol. The molecule has 0 radical (unpaired) electrons. The first kappa shape index (κ1) is 14.7. The summed E-state index contributed by atoms with van der Waals surface area (Å²) in [6, 6.07) is 0. The van der Waals surface area contributed by atoms with Gasteiger partial charge in [0.05, 0.1) is 13.2 Å². The maximum atomic E-state index is 9.22. The Labute approximate surface area is 87.7 Å². The van der Waals surface area contributed by atoms with Gasteiger partial charge in [0.15, 0.2) is 0 Å². The molecule has 7 nitrogen and oxygen atoms in total. The molecule has 4 N–H and O–H groups in total. The number of rotatable bonds is 9. The van der Waals surface area contributed by atoms with Crippen LogP contribution in [-0.4, -0.2) is 72.3 Å². The summed E-state index contributed by atoms with van der Waals surface area (Å²) in [6.07, 6.45) is -4.20. The maximum absolute atomic E-state index is 9.22. The van der Waals surface area contributed by atoms with Crippen LogP contribution in [0.1, 0.15) is 0 Å². The van der Waals surface area contributed by atoms with Crippen molar-refractivity contribution in [2.75, 3.05) is 33.5 Å². The Kier molecular flexibility index (Phi) is 8.82. The molecular formula is C8H18O7. The van der Waals surface area contributed by atoms with Gasteiger partial charge in [0.25, 0.3) is 0 Å². The molecule has 0 fully saturated rings. The minimum absolute atomic E-state index is 0.196. The first-order valence-electron chi connectivity index (χ1n) is 4.51. The summed E-state index contributed by atoms with van der Waals surface area (Å²) in [5.41, 5.74) is 0. The van der Waals surface area contributed by atoms with Gasteiger partial charge in [-0.05, 0) is 0 Å². The molecule has 0 aliphatic rings. The Bertz CT molecular complexity index is 143. The van der Waals surface area contributed by atoms with Crippen molar-refractivity contribution in [3.05, 3.63) is 0 Å². The van der Waals surface area contributed by atoms with Gasteiger partial charge in [-0.25, -0.2) is 9.78 Å². The average Bonchev–Trinajstić information content (AvgIpc) is 2.26. The molecule has 0 heterocycles. The number of hydrogen-bond acceptors (Lipinski definition) is 7. The number of ether oxygens (including phenoxy) is 1. The second-order valence-electron chi connectivity index (χ2n) is 2.91. The minimum atomic E-state index is -1.47. The molecule has 3 atom stereocenters. The lowest BCUT2D eigenvalue weighted by molar-refractivity contribution is -0.314. The van der Waals surface area contributed by atoms with Crippen LogP contribution in [0.25, 0.3) is 0 Å². The van der Waals surface area contributed by atoms with Gasteiger partial charge < -0.3 is 25.2 Å². The zero-order valence-corrected chi connectivity index (χ0v) is 8.57. The highest BCUT2D eigenvalue weighted by atomic mass is 17.2. The van der Waals surface area contributed by atoms with Crippen molar-refractivity contribution >= 4 is 0 Å². The molecule has 92 valence electrons. The molecule has 0 aromatic heterocycles. The lowest BCUT2D eigenvalue weighted by atomic mass is 10.1. The molecule has 0 saturated heterocycles. The quantitative estimate of drug-likeness (QED) is 0.198. The van der Waals surface area contributed by atoms with Gasteiger partial charge in [-0.1, -0.05) is 0 Å². The summed E-state index contributed by atoms with van der Waals surface area (Å²) in [6.45, 7) is -0.398. The fraction of sp³-hybridized carbons (Fsp3) is 1.00. The van der Waals surface area contributed by atoms with Crippen LogP contribution in [0.15, 0.2) is 0 Å². The highest BCUT2D eigenvalue weighted by molar-refractivity contribution is 4.73. The normalized spacial score (nSPS) is 17.4. The molecule has 0 unspecified atom stereocenters. The van der Waals surface area contributed by atoms with Gasteiger partial charge in [0, 0.05) is 7.11 Å². The van der Waals surface area contributed by atoms with Crippen LogP contribution in [0, 0.1) is 0 Å². The highest BCUT2D eigenvalue weighted by Gasteiger charge is 2.24. The molecule has 0 rings (SSSR count). The highest BCUT2D eigenvalue weighted by Crippen LogP contribution is 2.00. The first-order valence-corrected chi connectivity index (χ1v) is 4.51. The second-order valence-corrected chi connectivity index (χ2v) is 2.91. The SMILES string of the molecule is COCCOOC[C@H](O)[C@H](O)[C@H](O)CO. The van der Waals surface area contributed by atoms with E-state index >= 15 is 0 Å². The van der Waals surface area contributed by atoms with Crippen LogP contribution in [0.5, 0.6) is 0 Å². The van der Waals surface area contributed by atoms with Crippen molar-refractivity contribution in [3.63, 3.8) is 0 Å². The van der Waals surface area contributed by atoms with E-state index in [9.17, 15) is 5.11 Å². The van der Waals surface area contributed by atoms with Crippen LogP contribution in [0.4, 0.5) is 0 Å². The second kappa shape index (κ2) is 8.98. The number of aliphatic hydroxyl groups excluding tert-OH is 4. The summed E-state index contributed by atoms with van der Waals surface area (Å²) in [4.78, 5) is 9.10. The van der Waals surface area contributed by atoms with Gasteiger partial charge >= 0.3 is 0 Å². The topological polar surface area (TPSA) is 109 Å². The van der Waals surface area contributed by atoms with E-state index in [-0.39, 0.29) is 13.2 Å². The van der Waals surface area contributed by atoms with Crippen molar-refractivity contribution in [2.45, 2.75) is 18.3 Å². The Hall–Kier alpha value is -0.280. The van der Waals surface area contributed by atoms with E-state index in [2.05, 4.69) is 14.5 Å². The van der Waals surface area contributed by atoms with Crippen LogP contribution in [0.3, 0.4) is 0 Å². The maximum Gasteiger partial charge on any atom is 0.111 e. The van der Waals surface area contributed by atoms with E-state index < -0.39 is 24.9 Å². The van der Waals surface area contributed by atoms with Crippen molar-refractivity contribution < 1.29 is 34.9 Å². The van der Waals surface area contributed by atoms with Crippen molar-refractivity contribution in [3.8, 4) is 0 Å². The van der Waals surface area contributed by atoms with Crippen LogP contribution in [0.2, 0.25) is 0 Å². The molecule has 0 spiro atoms. The molecule has 0 aliphatic carbocycles. The summed E-state index contributed by atoms with van der Waals surface area (Å²) in [5.74, 6) is 0.